The van der Waals surface area contributed by atoms with Crippen molar-refractivity contribution in [3.05, 3.63) is 84.6 Å². The van der Waals surface area contributed by atoms with Crippen LogP contribution in [0, 0.1) is 0 Å². The molecule has 4 aromatic rings. The van der Waals surface area contributed by atoms with Gasteiger partial charge in [-0.15, -0.1) is 0 Å². The van der Waals surface area contributed by atoms with E-state index in [1.807, 2.05) is 30.3 Å². The highest BCUT2D eigenvalue weighted by Crippen LogP contribution is 2.27. The van der Waals surface area contributed by atoms with Crippen LogP contribution in [0.4, 0.5) is 5.69 Å². The molecule has 33 heavy (non-hydrogen) atoms. The Bertz CT molecular complexity index is 1240. The lowest BCUT2D eigenvalue weighted by Crippen LogP contribution is -2.46. The van der Waals surface area contributed by atoms with Crippen LogP contribution in [-0.2, 0) is 0 Å². The van der Waals surface area contributed by atoms with Crippen molar-refractivity contribution in [2.24, 2.45) is 0 Å². The first-order valence-corrected chi connectivity index (χ1v) is 11.9. The summed E-state index contributed by atoms with van der Waals surface area (Å²) in [7, 11) is 0. The molecule has 3 aromatic carbocycles. The van der Waals surface area contributed by atoms with Crippen LogP contribution in [0.3, 0.4) is 0 Å². The first-order valence-electron chi connectivity index (χ1n) is 11.9. The predicted octanol–water partition coefficient (Wildman–Crippen LogP) is 4.72. The molecule has 0 saturated carbocycles. The molecule has 0 aliphatic carbocycles. The monoisotopic (exact) mass is 438 g/mol. The third kappa shape index (κ3) is 4.99. The number of hydrogen-bond donors (Lipinski definition) is 1. The number of anilines is 1. The van der Waals surface area contributed by atoms with Gasteiger partial charge in [0.25, 0.3) is 5.91 Å². The van der Waals surface area contributed by atoms with Gasteiger partial charge in [-0.3, -0.25) is 14.7 Å². The van der Waals surface area contributed by atoms with Crippen LogP contribution < -0.4 is 10.2 Å². The molecule has 1 amide bonds. The predicted molar refractivity (Wildman–Crippen MR) is 136 cm³/mol. The minimum atomic E-state index is -0.0445. The number of piperazine rings is 1. The molecule has 0 unspecified atom stereocenters. The van der Waals surface area contributed by atoms with Gasteiger partial charge in [0.1, 0.15) is 0 Å². The zero-order valence-corrected chi connectivity index (χ0v) is 18.9. The maximum atomic E-state index is 12.5. The molecular weight excluding hydrogens is 408 g/mol. The van der Waals surface area contributed by atoms with E-state index in [1.54, 1.807) is 6.20 Å². The van der Waals surface area contributed by atoms with E-state index in [0.717, 1.165) is 56.5 Å². The molecule has 0 atom stereocenters. The third-order valence-corrected chi connectivity index (χ3v) is 6.52. The number of carbonyl (C=O) groups excluding carboxylic acids is 1. The van der Waals surface area contributed by atoms with Crippen LogP contribution in [0.15, 0.2) is 79.0 Å². The summed E-state index contributed by atoms with van der Waals surface area (Å²) in [6.45, 7) is 6.05. The number of hydrogen-bond acceptors (Lipinski definition) is 4. The van der Waals surface area contributed by atoms with Crippen molar-refractivity contribution in [1.82, 2.24) is 15.2 Å². The fraction of sp³-hybridized carbons (Fsp3) is 0.286. The molecule has 0 spiro atoms. The van der Waals surface area contributed by atoms with E-state index in [1.165, 1.54) is 16.5 Å². The highest BCUT2D eigenvalue weighted by atomic mass is 16.1. The Hall–Kier alpha value is -3.44. The zero-order chi connectivity index (χ0) is 22.5. The number of unbranched alkanes of at least 4 members (excludes halogenated alkanes) is 1. The molecule has 0 bridgehead atoms. The van der Waals surface area contributed by atoms with Crippen LogP contribution in [0.5, 0.6) is 0 Å². The molecule has 5 rings (SSSR count). The van der Waals surface area contributed by atoms with Gasteiger partial charge in [0.15, 0.2) is 0 Å². The number of carbonyl (C=O) groups is 1. The van der Waals surface area contributed by atoms with Gasteiger partial charge in [-0.2, -0.15) is 0 Å². The van der Waals surface area contributed by atoms with Gasteiger partial charge in [0.2, 0.25) is 0 Å². The minimum Gasteiger partial charge on any atom is -0.368 e. The Morgan fingerprint density at radius 3 is 2.48 bits per heavy atom. The summed E-state index contributed by atoms with van der Waals surface area (Å²) >= 11 is 0. The maximum Gasteiger partial charge on any atom is 0.252 e. The second-order valence-corrected chi connectivity index (χ2v) is 8.71. The molecule has 1 saturated heterocycles. The average molecular weight is 439 g/mol. The fourth-order valence-electron chi connectivity index (χ4n) is 4.66. The summed E-state index contributed by atoms with van der Waals surface area (Å²) in [5.74, 6) is -0.0445. The zero-order valence-electron chi connectivity index (χ0n) is 18.9. The molecule has 2 heterocycles. The topological polar surface area (TPSA) is 48.5 Å². The van der Waals surface area contributed by atoms with Crippen molar-refractivity contribution in [3.8, 4) is 0 Å². The van der Waals surface area contributed by atoms with Gasteiger partial charge in [-0.25, -0.2) is 0 Å². The Labute approximate surface area is 195 Å². The summed E-state index contributed by atoms with van der Waals surface area (Å²) in [5, 5.41) is 6.68. The second-order valence-electron chi connectivity index (χ2n) is 8.71. The van der Waals surface area contributed by atoms with E-state index in [4.69, 9.17) is 0 Å². The molecule has 5 heteroatoms. The number of nitrogens with one attached hydrogen (secondary N) is 1. The number of pyridine rings is 1. The van der Waals surface area contributed by atoms with Gasteiger partial charge in [-0.1, -0.05) is 54.6 Å². The van der Waals surface area contributed by atoms with Crippen LogP contribution in [0.25, 0.3) is 21.7 Å². The van der Waals surface area contributed by atoms with Crippen molar-refractivity contribution in [2.45, 2.75) is 12.8 Å². The highest BCUT2D eigenvalue weighted by molar-refractivity contribution is 5.97. The number of nitrogens with zero attached hydrogens (tertiary/aromatic N) is 3. The summed E-state index contributed by atoms with van der Waals surface area (Å²) in [6, 6.07) is 25.0. The van der Waals surface area contributed by atoms with Crippen molar-refractivity contribution in [2.75, 3.05) is 44.2 Å². The number of para-hydroxylation sites is 1. The normalized spacial score (nSPS) is 14.6. The number of aromatic nitrogens is 1. The van der Waals surface area contributed by atoms with Gasteiger partial charge < -0.3 is 10.2 Å². The molecule has 1 N–H and O–H groups in total. The molecule has 1 aliphatic heterocycles. The van der Waals surface area contributed by atoms with Crippen molar-refractivity contribution in [3.63, 3.8) is 0 Å². The van der Waals surface area contributed by atoms with Crippen LogP contribution >= 0.6 is 0 Å². The minimum absolute atomic E-state index is 0.0445. The number of rotatable bonds is 7. The fourth-order valence-corrected chi connectivity index (χ4v) is 4.66. The van der Waals surface area contributed by atoms with Crippen molar-refractivity contribution >= 4 is 33.3 Å². The first kappa shape index (κ1) is 21.4. The van der Waals surface area contributed by atoms with E-state index in [2.05, 4.69) is 62.6 Å². The summed E-state index contributed by atoms with van der Waals surface area (Å²) in [5.41, 5.74) is 2.88. The van der Waals surface area contributed by atoms with Gasteiger partial charge >= 0.3 is 0 Å². The van der Waals surface area contributed by atoms with Crippen molar-refractivity contribution < 1.29 is 4.79 Å². The summed E-state index contributed by atoms with van der Waals surface area (Å²) < 4.78 is 0. The maximum absolute atomic E-state index is 12.5. The molecule has 1 fully saturated rings. The summed E-state index contributed by atoms with van der Waals surface area (Å²) in [4.78, 5) is 21.9. The van der Waals surface area contributed by atoms with E-state index < -0.39 is 0 Å². The van der Waals surface area contributed by atoms with E-state index >= 15 is 0 Å². The Kier molecular flexibility index (Phi) is 6.49. The largest absolute Gasteiger partial charge is 0.368 e. The van der Waals surface area contributed by atoms with E-state index in [9.17, 15) is 4.79 Å². The lowest BCUT2D eigenvalue weighted by Gasteiger charge is -2.36. The van der Waals surface area contributed by atoms with Crippen molar-refractivity contribution in [1.29, 1.82) is 0 Å². The van der Waals surface area contributed by atoms with Crippen LogP contribution in [0.1, 0.15) is 23.2 Å². The SMILES string of the molecule is O=C(NCCCCN1CCN(c2cccc3ccccc23)CC1)c1cnc2ccccc2c1. The molecule has 168 valence electrons. The smallest absolute Gasteiger partial charge is 0.252 e. The Morgan fingerprint density at radius 2 is 1.61 bits per heavy atom. The van der Waals surface area contributed by atoms with Crippen LogP contribution in [-0.4, -0.2) is 55.1 Å². The highest BCUT2D eigenvalue weighted by Gasteiger charge is 2.18. The lowest BCUT2D eigenvalue weighted by molar-refractivity contribution is 0.0952. The average Bonchev–Trinajstić information content (AvgIpc) is 2.88. The van der Waals surface area contributed by atoms with E-state index in [-0.39, 0.29) is 5.91 Å². The van der Waals surface area contributed by atoms with Crippen LogP contribution in [0.2, 0.25) is 0 Å². The molecule has 5 nitrogen and oxygen atoms in total. The van der Waals surface area contributed by atoms with Gasteiger partial charge in [0, 0.05) is 55.4 Å². The molecular formula is C28H30N4O. The number of fused-ring (bicyclic) bond motifs is 2. The van der Waals surface area contributed by atoms with Gasteiger partial charge in [-0.05, 0) is 43.0 Å². The Balaban J connectivity index is 1.04. The first-order chi connectivity index (χ1) is 16.3. The molecule has 0 radical (unpaired) electrons. The van der Waals surface area contributed by atoms with E-state index in [0.29, 0.717) is 12.1 Å². The number of amides is 1. The Morgan fingerprint density at radius 1 is 0.848 bits per heavy atom. The lowest BCUT2D eigenvalue weighted by atomic mass is 10.1. The molecule has 1 aromatic heterocycles. The second kappa shape index (κ2) is 10.0. The standard InChI is InChI=1S/C28H30N4O/c33-28(24-20-23-9-2-4-12-26(23)30-21-24)29-14-5-6-15-31-16-18-32(19-17-31)27-13-7-10-22-8-1-3-11-25(22)27/h1-4,7-13,20-21H,5-6,14-19H2,(H,29,33). The number of benzene rings is 3. The quantitative estimate of drug-likeness (QED) is 0.424. The third-order valence-electron chi connectivity index (χ3n) is 6.52. The molecule has 1 aliphatic rings. The summed E-state index contributed by atoms with van der Waals surface area (Å²) in [6.07, 6.45) is 3.73. The van der Waals surface area contributed by atoms with Gasteiger partial charge in [0.05, 0.1) is 11.1 Å².